The van der Waals surface area contributed by atoms with Crippen molar-refractivity contribution in [3.8, 4) is 5.75 Å². The van der Waals surface area contributed by atoms with Gasteiger partial charge >= 0.3 is 11.8 Å². The number of aryl methyl sites for hydroxylation is 1. The molecule has 154 valence electrons. The molecule has 0 radical (unpaired) electrons. The molecule has 0 saturated carbocycles. The van der Waals surface area contributed by atoms with Crippen LogP contribution in [0.25, 0.3) is 0 Å². The van der Waals surface area contributed by atoms with Crippen LogP contribution in [0.1, 0.15) is 25.3 Å². The number of carbonyl (C=O) groups is 2. The van der Waals surface area contributed by atoms with E-state index < -0.39 is 11.8 Å². The molecule has 7 heteroatoms. The third kappa shape index (κ3) is 5.04. The number of rotatable bonds is 5. The van der Waals surface area contributed by atoms with Crippen molar-refractivity contribution < 1.29 is 14.3 Å². The molecular formula is C22H27N3O4. The van der Waals surface area contributed by atoms with Gasteiger partial charge < -0.3 is 19.5 Å². The van der Waals surface area contributed by atoms with Gasteiger partial charge in [0.15, 0.2) is 0 Å². The van der Waals surface area contributed by atoms with Crippen LogP contribution in [0.3, 0.4) is 0 Å². The van der Waals surface area contributed by atoms with E-state index in [9.17, 15) is 14.4 Å². The summed E-state index contributed by atoms with van der Waals surface area (Å²) in [5.41, 5.74) is 1.02. The molecule has 3 rings (SSSR count). The highest BCUT2D eigenvalue weighted by molar-refractivity contribution is 6.39. The lowest BCUT2D eigenvalue weighted by Gasteiger charge is -2.31. The SMILES string of the molecule is CCn1cccc(NC(=O)C(=O)N2CCC(Cc3cccc(OC)c3)CC2)c1=O. The maximum Gasteiger partial charge on any atom is 0.314 e. The minimum atomic E-state index is -0.762. The molecule has 1 aliphatic rings. The van der Waals surface area contributed by atoms with E-state index in [0.717, 1.165) is 25.0 Å². The summed E-state index contributed by atoms with van der Waals surface area (Å²) < 4.78 is 6.75. The van der Waals surface area contributed by atoms with Crippen molar-refractivity contribution in [2.75, 3.05) is 25.5 Å². The van der Waals surface area contributed by atoms with Crippen molar-refractivity contribution >= 4 is 17.5 Å². The van der Waals surface area contributed by atoms with Gasteiger partial charge in [0.2, 0.25) is 0 Å². The van der Waals surface area contributed by atoms with Crippen LogP contribution in [0.4, 0.5) is 5.69 Å². The summed E-state index contributed by atoms with van der Waals surface area (Å²) in [6.07, 6.45) is 4.24. The Morgan fingerprint density at radius 3 is 2.62 bits per heavy atom. The number of methoxy groups -OCH3 is 1. The molecule has 1 aliphatic heterocycles. The summed E-state index contributed by atoms with van der Waals surface area (Å²) in [5, 5.41) is 2.47. The molecule has 2 amide bonds. The second-order valence-electron chi connectivity index (χ2n) is 7.26. The first-order valence-corrected chi connectivity index (χ1v) is 9.94. The van der Waals surface area contributed by atoms with Crippen LogP contribution in [0.15, 0.2) is 47.4 Å². The number of aromatic nitrogens is 1. The number of hydrogen-bond donors (Lipinski definition) is 1. The van der Waals surface area contributed by atoms with Crippen LogP contribution < -0.4 is 15.6 Å². The third-order valence-electron chi connectivity index (χ3n) is 5.36. The maximum atomic E-state index is 12.5. The molecule has 0 spiro atoms. The van der Waals surface area contributed by atoms with Crippen LogP contribution in [0.5, 0.6) is 5.75 Å². The van der Waals surface area contributed by atoms with Crippen molar-refractivity contribution in [2.45, 2.75) is 32.7 Å². The zero-order valence-corrected chi connectivity index (χ0v) is 16.9. The van der Waals surface area contributed by atoms with Crippen molar-refractivity contribution in [3.05, 3.63) is 58.5 Å². The van der Waals surface area contributed by atoms with E-state index in [1.54, 1.807) is 24.3 Å². The number of ether oxygens (including phenoxy) is 1. The lowest BCUT2D eigenvalue weighted by atomic mass is 9.90. The maximum absolute atomic E-state index is 12.5. The summed E-state index contributed by atoms with van der Waals surface area (Å²) in [5.74, 6) is -0.0479. The minimum absolute atomic E-state index is 0.126. The topological polar surface area (TPSA) is 80.6 Å². The number of nitrogens with one attached hydrogen (secondary N) is 1. The fourth-order valence-electron chi connectivity index (χ4n) is 3.67. The molecule has 1 aromatic carbocycles. The summed E-state index contributed by atoms with van der Waals surface area (Å²) >= 11 is 0. The van der Waals surface area contributed by atoms with Gasteiger partial charge in [-0.2, -0.15) is 0 Å². The van der Waals surface area contributed by atoms with E-state index in [2.05, 4.69) is 11.4 Å². The van der Waals surface area contributed by atoms with E-state index in [1.165, 1.54) is 16.2 Å². The lowest BCUT2D eigenvalue weighted by molar-refractivity contribution is -0.144. The number of piperidine rings is 1. The zero-order chi connectivity index (χ0) is 20.8. The van der Waals surface area contributed by atoms with Gasteiger partial charge in [-0.3, -0.25) is 14.4 Å². The van der Waals surface area contributed by atoms with E-state index in [4.69, 9.17) is 4.74 Å². The molecule has 7 nitrogen and oxygen atoms in total. The molecule has 0 unspecified atom stereocenters. The first-order valence-electron chi connectivity index (χ1n) is 9.94. The van der Waals surface area contributed by atoms with Crippen LogP contribution in [-0.4, -0.2) is 41.5 Å². The highest BCUT2D eigenvalue weighted by Crippen LogP contribution is 2.23. The molecule has 29 heavy (non-hydrogen) atoms. The summed E-state index contributed by atoms with van der Waals surface area (Å²) in [7, 11) is 1.65. The average Bonchev–Trinajstić information content (AvgIpc) is 2.75. The number of likely N-dealkylation sites (tertiary alicyclic amines) is 1. The Kier molecular flexibility index (Phi) is 6.69. The molecule has 1 fully saturated rings. The van der Waals surface area contributed by atoms with Gasteiger partial charge in [0.1, 0.15) is 11.4 Å². The second kappa shape index (κ2) is 9.41. The highest BCUT2D eigenvalue weighted by atomic mass is 16.5. The summed E-state index contributed by atoms with van der Waals surface area (Å²) in [4.78, 5) is 38.6. The van der Waals surface area contributed by atoms with Gasteiger partial charge in [-0.1, -0.05) is 12.1 Å². The van der Waals surface area contributed by atoms with Crippen LogP contribution >= 0.6 is 0 Å². The molecule has 0 aliphatic carbocycles. The molecule has 1 aromatic heterocycles. The Morgan fingerprint density at radius 1 is 1.17 bits per heavy atom. The summed E-state index contributed by atoms with van der Waals surface area (Å²) in [6, 6.07) is 11.2. The number of benzene rings is 1. The molecule has 1 saturated heterocycles. The van der Waals surface area contributed by atoms with E-state index in [0.29, 0.717) is 25.6 Å². The van der Waals surface area contributed by atoms with Crippen LogP contribution in [0, 0.1) is 5.92 Å². The fraction of sp³-hybridized carbons (Fsp3) is 0.409. The van der Waals surface area contributed by atoms with Gasteiger partial charge in [-0.15, -0.1) is 0 Å². The Balaban J connectivity index is 1.54. The quantitative estimate of drug-likeness (QED) is 0.785. The molecule has 2 aromatic rings. The van der Waals surface area contributed by atoms with Gasteiger partial charge in [0.25, 0.3) is 5.56 Å². The predicted molar refractivity (Wildman–Crippen MR) is 111 cm³/mol. The van der Waals surface area contributed by atoms with Crippen molar-refractivity contribution in [1.29, 1.82) is 0 Å². The largest absolute Gasteiger partial charge is 0.497 e. The smallest absolute Gasteiger partial charge is 0.314 e. The van der Waals surface area contributed by atoms with Gasteiger partial charge in [-0.25, -0.2) is 0 Å². The number of carbonyl (C=O) groups excluding carboxylic acids is 2. The van der Waals surface area contributed by atoms with Crippen molar-refractivity contribution in [3.63, 3.8) is 0 Å². The first-order chi connectivity index (χ1) is 14.0. The van der Waals surface area contributed by atoms with Crippen LogP contribution in [-0.2, 0) is 22.6 Å². The monoisotopic (exact) mass is 397 g/mol. The fourth-order valence-corrected chi connectivity index (χ4v) is 3.67. The van der Waals surface area contributed by atoms with E-state index in [1.807, 2.05) is 25.1 Å². The number of amides is 2. The molecule has 0 atom stereocenters. The normalized spacial score (nSPS) is 14.5. The molecule has 1 N–H and O–H groups in total. The molecule has 2 heterocycles. The standard InChI is InChI=1S/C22H27N3O4/c1-3-24-11-5-8-19(21(24)27)23-20(26)22(28)25-12-9-16(10-13-25)14-17-6-4-7-18(15-17)29-2/h4-8,11,15-16H,3,9-10,12-14H2,1-2H3,(H,23,26). The third-order valence-corrected chi connectivity index (χ3v) is 5.36. The lowest BCUT2D eigenvalue weighted by Crippen LogP contribution is -2.45. The number of anilines is 1. The first kappa shape index (κ1) is 20.6. The minimum Gasteiger partial charge on any atom is -0.497 e. The van der Waals surface area contributed by atoms with Crippen molar-refractivity contribution in [1.82, 2.24) is 9.47 Å². The average molecular weight is 397 g/mol. The zero-order valence-electron chi connectivity index (χ0n) is 16.9. The number of hydrogen-bond acceptors (Lipinski definition) is 4. The van der Waals surface area contributed by atoms with E-state index in [-0.39, 0.29) is 11.2 Å². The number of nitrogens with zero attached hydrogens (tertiary/aromatic N) is 2. The highest BCUT2D eigenvalue weighted by Gasteiger charge is 2.27. The Morgan fingerprint density at radius 2 is 1.93 bits per heavy atom. The van der Waals surface area contributed by atoms with Gasteiger partial charge in [-0.05, 0) is 61.9 Å². The Bertz CT molecular complexity index is 930. The van der Waals surface area contributed by atoms with Gasteiger partial charge in [0, 0.05) is 25.8 Å². The van der Waals surface area contributed by atoms with Crippen molar-refractivity contribution in [2.24, 2.45) is 5.92 Å². The molecule has 0 bridgehead atoms. The predicted octanol–water partition coefficient (Wildman–Crippen LogP) is 2.30. The Hall–Kier alpha value is -3.09. The van der Waals surface area contributed by atoms with E-state index >= 15 is 0 Å². The Labute approximate surface area is 170 Å². The summed E-state index contributed by atoms with van der Waals surface area (Å²) in [6.45, 7) is 3.41. The second-order valence-corrected chi connectivity index (χ2v) is 7.26. The molecular weight excluding hydrogens is 370 g/mol. The van der Waals surface area contributed by atoms with Gasteiger partial charge in [0.05, 0.1) is 7.11 Å². The number of pyridine rings is 1. The van der Waals surface area contributed by atoms with Crippen LogP contribution in [0.2, 0.25) is 0 Å².